The van der Waals surface area contributed by atoms with Gasteiger partial charge in [0.05, 0.1) is 23.4 Å². The predicted molar refractivity (Wildman–Crippen MR) is 132 cm³/mol. The molecule has 0 fully saturated rings. The number of carbonyl (C=O) groups excluding carboxylic acids is 1. The number of para-hydroxylation sites is 1. The zero-order chi connectivity index (χ0) is 24.0. The molecular weight excluding hydrogens is 450 g/mol. The molecule has 7 nitrogen and oxygen atoms in total. The SMILES string of the molecule is CCCOc1ccc(NS(=O)(=O)c2cccc3cccnc23)c(C(=O)NCc2ccccc2)c1. The Morgan fingerprint density at radius 1 is 0.971 bits per heavy atom. The lowest BCUT2D eigenvalue weighted by molar-refractivity contribution is 0.0951. The molecule has 1 aromatic heterocycles. The lowest BCUT2D eigenvalue weighted by Crippen LogP contribution is -2.25. The van der Waals surface area contributed by atoms with Gasteiger partial charge in [-0.3, -0.25) is 14.5 Å². The van der Waals surface area contributed by atoms with Gasteiger partial charge in [0, 0.05) is 18.1 Å². The highest BCUT2D eigenvalue weighted by Gasteiger charge is 2.22. The van der Waals surface area contributed by atoms with Crippen molar-refractivity contribution in [3.8, 4) is 5.75 Å². The number of benzene rings is 3. The van der Waals surface area contributed by atoms with Crippen molar-refractivity contribution in [3.05, 3.63) is 96.2 Å². The monoisotopic (exact) mass is 475 g/mol. The van der Waals surface area contributed by atoms with Crippen molar-refractivity contribution in [2.45, 2.75) is 24.8 Å². The maximum atomic E-state index is 13.3. The molecule has 0 aliphatic carbocycles. The van der Waals surface area contributed by atoms with Crippen LogP contribution in [0.1, 0.15) is 29.3 Å². The molecule has 0 unspecified atom stereocenters. The van der Waals surface area contributed by atoms with Gasteiger partial charge in [-0.2, -0.15) is 0 Å². The number of rotatable bonds is 9. The smallest absolute Gasteiger partial charge is 0.264 e. The highest BCUT2D eigenvalue weighted by Crippen LogP contribution is 2.27. The van der Waals surface area contributed by atoms with Crippen molar-refractivity contribution >= 4 is 32.5 Å². The lowest BCUT2D eigenvalue weighted by Gasteiger charge is -2.15. The van der Waals surface area contributed by atoms with E-state index in [1.807, 2.05) is 37.3 Å². The highest BCUT2D eigenvalue weighted by atomic mass is 32.2. The molecule has 0 atom stereocenters. The second kappa shape index (κ2) is 10.4. The summed E-state index contributed by atoms with van der Waals surface area (Å²) in [5.74, 6) is 0.0704. The van der Waals surface area contributed by atoms with Gasteiger partial charge in [0.15, 0.2) is 0 Å². The van der Waals surface area contributed by atoms with Gasteiger partial charge in [0.1, 0.15) is 10.6 Å². The van der Waals surface area contributed by atoms with E-state index in [0.29, 0.717) is 29.8 Å². The summed E-state index contributed by atoms with van der Waals surface area (Å²) < 4.78 is 34.9. The summed E-state index contributed by atoms with van der Waals surface area (Å²) in [4.78, 5) is 17.4. The molecule has 0 bridgehead atoms. The average molecular weight is 476 g/mol. The second-order valence-electron chi connectivity index (χ2n) is 7.66. The first-order valence-corrected chi connectivity index (χ1v) is 12.4. The molecule has 0 aliphatic heterocycles. The number of hydrogen-bond donors (Lipinski definition) is 2. The Morgan fingerprint density at radius 2 is 1.76 bits per heavy atom. The molecule has 1 amide bonds. The van der Waals surface area contributed by atoms with Gasteiger partial charge in [-0.15, -0.1) is 0 Å². The van der Waals surface area contributed by atoms with Crippen molar-refractivity contribution in [2.24, 2.45) is 0 Å². The predicted octanol–water partition coefficient (Wildman–Crippen LogP) is 4.75. The number of nitrogens with one attached hydrogen (secondary N) is 2. The molecule has 0 saturated carbocycles. The van der Waals surface area contributed by atoms with Crippen LogP contribution in [0.15, 0.2) is 90.0 Å². The molecule has 2 N–H and O–H groups in total. The van der Waals surface area contributed by atoms with Gasteiger partial charge in [0.2, 0.25) is 0 Å². The molecule has 0 radical (unpaired) electrons. The van der Waals surface area contributed by atoms with Crippen molar-refractivity contribution in [3.63, 3.8) is 0 Å². The van der Waals surface area contributed by atoms with E-state index in [1.54, 1.807) is 48.7 Å². The van der Waals surface area contributed by atoms with Crippen LogP contribution >= 0.6 is 0 Å². The minimum atomic E-state index is -4.03. The van der Waals surface area contributed by atoms with Crippen LogP contribution in [-0.2, 0) is 16.6 Å². The Kier molecular flexibility index (Phi) is 7.08. The molecular formula is C26H25N3O4S. The van der Waals surface area contributed by atoms with Gasteiger partial charge in [-0.05, 0) is 42.3 Å². The van der Waals surface area contributed by atoms with Gasteiger partial charge in [0.25, 0.3) is 15.9 Å². The fourth-order valence-corrected chi connectivity index (χ4v) is 4.74. The molecule has 0 aliphatic rings. The van der Waals surface area contributed by atoms with Crippen molar-refractivity contribution in [1.29, 1.82) is 0 Å². The second-order valence-corrected chi connectivity index (χ2v) is 9.31. The number of nitrogens with zero attached hydrogens (tertiary/aromatic N) is 1. The van der Waals surface area contributed by atoms with Gasteiger partial charge in [-0.1, -0.05) is 55.5 Å². The van der Waals surface area contributed by atoms with Crippen LogP contribution in [0.3, 0.4) is 0 Å². The van der Waals surface area contributed by atoms with Crippen molar-refractivity contribution < 1.29 is 17.9 Å². The molecule has 34 heavy (non-hydrogen) atoms. The third-order valence-corrected chi connectivity index (χ3v) is 6.53. The first-order chi connectivity index (χ1) is 16.5. The van der Waals surface area contributed by atoms with E-state index in [4.69, 9.17) is 4.74 Å². The zero-order valence-corrected chi connectivity index (χ0v) is 19.5. The van der Waals surface area contributed by atoms with E-state index < -0.39 is 15.9 Å². The fourth-order valence-electron chi connectivity index (χ4n) is 3.48. The zero-order valence-electron chi connectivity index (χ0n) is 18.7. The Hall–Kier alpha value is -3.91. The number of pyridine rings is 1. The third-order valence-electron chi connectivity index (χ3n) is 5.13. The Bertz CT molecular complexity index is 1400. The van der Waals surface area contributed by atoms with Gasteiger partial charge < -0.3 is 10.1 Å². The summed E-state index contributed by atoms with van der Waals surface area (Å²) in [6.45, 7) is 2.77. The van der Waals surface area contributed by atoms with Crippen LogP contribution < -0.4 is 14.8 Å². The largest absolute Gasteiger partial charge is 0.494 e. The van der Waals surface area contributed by atoms with Gasteiger partial charge in [-0.25, -0.2) is 8.42 Å². The number of anilines is 1. The topological polar surface area (TPSA) is 97.4 Å². The van der Waals surface area contributed by atoms with E-state index in [0.717, 1.165) is 12.0 Å². The van der Waals surface area contributed by atoms with E-state index in [1.165, 1.54) is 6.07 Å². The first-order valence-electron chi connectivity index (χ1n) is 10.9. The van der Waals surface area contributed by atoms with Crippen LogP contribution in [-0.4, -0.2) is 25.9 Å². The summed E-state index contributed by atoms with van der Waals surface area (Å²) >= 11 is 0. The Morgan fingerprint density at radius 3 is 2.56 bits per heavy atom. The maximum Gasteiger partial charge on any atom is 0.264 e. The molecule has 8 heteroatoms. The van der Waals surface area contributed by atoms with E-state index >= 15 is 0 Å². The standard InChI is InChI=1S/C26H25N3O4S/c1-2-16-33-21-13-14-23(22(17-21)26(30)28-18-19-8-4-3-5-9-19)29-34(31,32)24-12-6-10-20-11-7-15-27-25(20)24/h3-15,17,29H,2,16,18H2,1H3,(H,28,30). The summed E-state index contributed by atoms with van der Waals surface area (Å²) in [5, 5.41) is 3.56. The van der Waals surface area contributed by atoms with Crippen LogP contribution in [0.4, 0.5) is 5.69 Å². The van der Waals surface area contributed by atoms with Crippen LogP contribution in [0.25, 0.3) is 10.9 Å². The summed E-state index contributed by atoms with van der Waals surface area (Å²) in [6, 6.07) is 22.7. The molecule has 4 aromatic rings. The van der Waals surface area contributed by atoms with E-state index in [9.17, 15) is 13.2 Å². The number of fused-ring (bicyclic) bond motifs is 1. The van der Waals surface area contributed by atoms with E-state index in [-0.39, 0.29) is 16.1 Å². The average Bonchev–Trinajstić information content (AvgIpc) is 2.86. The highest BCUT2D eigenvalue weighted by molar-refractivity contribution is 7.93. The quantitative estimate of drug-likeness (QED) is 0.364. The summed E-state index contributed by atoms with van der Waals surface area (Å²) in [5.41, 5.74) is 1.61. The first kappa shape index (κ1) is 23.3. The molecule has 1 heterocycles. The number of ether oxygens (including phenoxy) is 1. The van der Waals surface area contributed by atoms with Crippen LogP contribution in [0, 0.1) is 0 Å². The number of aromatic nitrogens is 1. The minimum absolute atomic E-state index is 0.0348. The molecule has 4 rings (SSSR count). The molecule has 0 saturated heterocycles. The normalized spacial score (nSPS) is 11.2. The summed E-state index contributed by atoms with van der Waals surface area (Å²) in [6.07, 6.45) is 2.35. The van der Waals surface area contributed by atoms with E-state index in [2.05, 4.69) is 15.0 Å². The number of hydrogen-bond acceptors (Lipinski definition) is 5. The Balaban J connectivity index is 1.66. The van der Waals surface area contributed by atoms with Gasteiger partial charge >= 0.3 is 0 Å². The lowest BCUT2D eigenvalue weighted by atomic mass is 10.1. The van der Waals surface area contributed by atoms with Crippen LogP contribution in [0.5, 0.6) is 5.75 Å². The molecule has 0 spiro atoms. The van der Waals surface area contributed by atoms with Crippen LogP contribution in [0.2, 0.25) is 0 Å². The van der Waals surface area contributed by atoms with Crippen molar-refractivity contribution in [2.75, 3.05) is 11.3 Å². The van der Waals surface area contributed by atoms with Crippen molar-refractivity contribution in [1.82, 2.24) is 10.3 Å². The molecule has 3 aromatic carbocycles. The maximum absolute atomic E-state index is 13.3. The third kappa shape index (κ3) is 5.35. The Labute approximate surface area is 198 Å². The number of sulfonamides is 1. The minimum Gasteiger partial charge on any atom is -0.494 e. The molecule has 174 valence electrons. The fraction of sp³-hybridized carbons (Fsp3) is 0.154. The number of carbonyl (C=O) groups is 1. The number of amides is 1. The summed E-state index contributed by atoms with van der Waals surface area (Å²) in [7, 11) is -4.03.